The quantitative estimate of drug-likeness (QED) is 0.858. The zero-order valence-corrected chi connectivity index (χ0v) is 11.9. The molecule has 0 saturated carbocycles. The largest absolute Gasteiger partial charge is 0.389 e. The lowest BCUT2D eigenvalue weighted by atomic mass is 10.1. The molecule has 5 heteroatoms. The number of thiazole rings is 1. The molecule has 0 radical (unpaired) electrons. The molecule has 0 aliphatic carbocycles. The highest BCUT2D eigenvalue weighted by molar-refractivity contribution is 7.09. The van der Waals surface area contributed by atoms with E-state index in [2.05, 4.69) is 16.8 Å². The summed E-state index contributed by atoms with van der Waals surface area (Å²) in [6.07, 6.45) is 1.86. The molecule has 2 rings (SSSR count). The van der Waals surface area contributed by atoms with Gasteiger partial charge in [-0.3, -0.25) is 4.90 Å². The third-order valence-electron chi connectivity index (χ3n) is 3.30. The second kappa shape index (κ2) is 5.22. The molecule has 3 nitrogen and oxygen atoms in total. The van der Waals surface area contributed by atoms with E-state index in [4.69, 9.17) is 11.6 Å². The smallest absolute Gasteiger partial charge is 0.110 e. The van der Waals surface area contributed by atoms with Gasteiger partial charge in [-0.05, 0) is 19.8 Å². The first-order valence-electron chi connectivity index (χ1n) is 6.02. The Hall–Kier alpha value is -0.160. The lowest BCUT2D eigenvalue weighted by Crippen LogP contribution is -2.32. The molecule has 17 heavy (non-hydrogen) atoms. The van der Waals surface area contributed by atoms with Crippen molar-refractivity contribution in [2.24, 2.45) is 0 Å². The van der Waals surface area contributed by atoms with Crippen molar-refractivity contribution in [2.75, 3.05) is 13.1 Å². The molecule has 0 bridgehead atoms. The molecular formula is C12H19ClN2OS. The number of rotatable bonds is 4. The molecule has 0 spiro atoms. The number of alkyl halides is 1. The van der Waals surface area contributed by atoms with Crippen LogP contribution in [0.4, 0.5) is 0 Å². The Kier molecular flexibility index (Phi) is 4.08. The summed E-state index contributed by atoms with van der Waals surface area (Å²) < 4.78 is 0. The maximum atomic E-state index is 10.0. The summed E-state index contributed by atoms with van der Waals surface area (Å²) in [5, 5.41) is 13.2. The van der Waals surface area contributed by atoms with Crippen LogP contribution in [0.1, 0.15) is 43.4 Å². The summed E-state index contributed by atoms with van der Waals surface area (Å²) in [6, 6.07) is 0.325. The van der Waals surface area contributed by atoms with E-state index in [1.165, 1.54) is 0 Å². The molecule has 2 heterocycles. The molecule has 0 aromatic carbocycles. The first-order chi connectivity index (χ1) is 8.05. The summed E-state index contributed by atoms with van der Waals surface area (Å²) in [7, 11) is 0. The van der Waals surface area contributed by atoms with Gasteiger partial charge in [0, 0.05) is 18.5 Å². The average Bonchev–Trinajstić information content (AvgIpc) is 2.87. The highest BCUT2D eigenvalue weighted by Gasteiger charge is 2.35. The summed E-state index contributed by atoms with van der Waals surface area (Å²) in [5.74, 6) is 0.477. The van der Waals surface area contributed by atoms with Crippen LogP contribution in [-0.2, 0) is 5.88 Å². The Morgan fingerprint density at radius 3 is 2.94 bits per heavy atom. The van der Waals surface area contributed by atoms with Crippen LogP contribution in [0.15, 0.2) is 5.38 Å². The molecule has 1 aliphatic rings. The van der Waals surface area contributed by atoms with Gasteiger partial charge in [0.2, 0.25) is 0 Å². The van der Waals surface area contributed by atoms with Gasteiger partial charge in [-0.1, -0.05) is 6.92 Å². The third kappa shape index (κ3) is 2.99. The normalized spacial score (nSPS) is 27.5. The third-order valence-corrected chi connectivity index (χ3v) is 4.57. The number of nitrogens with zero attached hydrogens (tertiary/aromatic N) is 2. The SMILES string of the molecule is CCC(c1nc(CCl)cs1)N1CCC(C)(O)C1. The van der Waals surface area contributed by atoms with E-state index in [1.54, 1.807) is 11.3 Å². The molecule has 1 aliphatic heterocycles. The number of hydrogen-bond acceptors (Lipinski definition) is 4. The van der Waals surface area contributed by atoms with E-state index in [0.29, 0.717) is 11.9 Å². The first kappa shape index (κ1) is 13.3. The lowest BCUT2D eigenvalue weighted by molar-refractivity contribution is 0.0616. The fourth-order valence-electron chi connectivity index (χ4n) is 2.37. The molecular weight excluding hydrogens is 256 g/mol. The van der Waals surface area contributed by atoms with Crippen molar-refractivity contribution in [3.05, 3.63) is 16.1 Å². The Bertz CT molecular complexity index is 380. The van der Waals surface area contributed by atoms with Gasteiger partial charge in [-0.15, -0.1) is 22.9 Å². The number of likely N-dealkylation sites (tertiary alicyclic amines) is 1. The van der Waals surface area contributed by atoms with Crippen molar-refractivity contribution in [1.29, 1.82) is 0 Å². The van der Waals surface area contributed by atoms with Crippen LogP contribution in [0.3, 0.4) is 0 Å². The van der Waals surface area contributed by atoms with Crippen molar-refractivity contribution < 1.29 is 5.11 Å². The minimum Gasteiger partial charge on any atom is -0.389 e. The molecule has 1 N–H and O–H groups in total. The number of aliphatic hydroxyl groups is 1. The summed E-state index contributed by atoms with van der Waals surface area (Å²) in [4.78, 5) is 6.89. The van der Waals surface area contributed by atoms with Crippen LogP contribution in [0.2, 0.25) is 0 Å². The average molecular weight is 275 g/mol. The first-order valence-corrected chi connectivity index (χ1v) is 7.44. The minimum atomic E-state index is -0.542. The van der Waals surface area contributed by atoms with Crippen LogP contribution in [0.25, 0.3) is 0 Å². The van der Waals surface area contributed by atoms with Gasteiger partial charge in [0.25, 0.3) is 0 Å². The predicted molar refractivity (Wildman–Crippen MR) is 71.5 cm³/mol. The molecule has 1 aromatic heterocycles. The van der Waals surface area contributed by atoms with Gasteiger partial charge in [0.15, 0.2) is 0 Å². The monoisotopic (exact) mass is 274 g/mol. The summed E-state index contributed by atoms with van der Waals surface area (Å²) >= 11 is 7.46. The standard InChI is InChI=1S/C12H19ClN2OS/c1-3-10(11-14-9(6-13)7-17-11)15-5-4-12(2,16)8-15/h7,10,16H,3-6,8H2,1-2H3. The zero-order valence-electron chi connectivity index (χ0n) is 10.3. The number of hydrogen-bond donors (Lipinski definition) is 1. The maximum absolute atomic E-state index is 10.0. The highest BCUT2D eigenvalue weighted by Crippen LogP contribution is 2.33. The molecule has 1 fully saturated rings. The molecule has 96 valence electrons. The van der Waals surface area contributed by atoms with Gasteiger partial charge in [-0.2, -0.15) is 0 Å². The van der Waals surface area contributed by atoms with E-state index in [-0.39, 0.29) is 0 Å². The summed E-state index contributed by atoms with van der Waals surface area (Å²) in [5.41, 5.74) is 0.413. The van der Waals surface area contributed by atoms with Crippen molar-refractivity contribution >= 4 is 22.9 Å². The van der Waals surface area contributed by atoms with Crippen LogP contribution >= 0.6 is 22.9 Å². The van der Waals surface area contributed by atoms with Gasteiger partial charge in [-0.25, -0.2) is 4.98 Å². The van der Waals surface area contributed by atoms with E-state index in [9.17, 15) is 5.11 Å². The molecule has 0 amide bonds. The minimum absolute atomic E-state index is 0.325. The van der Waals surface area contributed by atoms with Crippen molar-refractivity contribution in [3.63, 3.8) is 0 Å². The Morgan fingerprint density at radius 1 is 1.71 bits per heavy atom. The molecule has 2 unspecified atom stereocenters. The Morgan fingerprint density at radius 2 is 2.47 bits per heavy atom. The molecule has 2 atom stereocenters. The van der Waals surface area contributed by atoms with Gasteiger partial charge in [0.05, 0.1) is 23.2 Å². The van der Waals surface area contributed by atoms with E-state index in [1.807, 2.05) is 12.3 Å². The van der Waals surface area contributed by atoms with E-state index < -0.39 is 5.60 Å². The fraction of sp³-hybridized carbons (Fsp3) is 0.750. The van der Waals surface area contributed by atoms with Crippen molar-refractivity contribution in [2.45, 2.75) is 44.2 Å². The zero-order chi connectivity index (χ0) is 12.5. The number of β-amino-alcohol motifs (C(OH)–C–C–N with tert-alkyl or cyclic N) is 1. The Balaban J connectivity index is 2.11. The van der Waals surface area contributed by atoms with Crippen molar-refractivity contribution in [1.82, 2.24) is 9.88 Å². The second-order valence-corrected chi connectivity index (χ2v) is 6.11. The predicted octanol–water partition coefficient (Wildman–Crippen LogP) is 2.79. The Labute approximate surface area is 111 Å². The molecule has 1 saturated heterocycles. The van der Waals surface area contributed by atoms with Crippen LogP contribution in [-0.4, -0.2) is 33.7 Å². The van der Waals surface area contributed by atoms with E-state index >= 15 is 0 Å². The fourth-order valence-corrected chi connectivity index (χ4v) is 3.64. The highest BCUT2D eigenvalue weighted by atomic mass is 35.5. The number of aromatic nitrogens is 1. The molecule has 1 aromatic rings. The van der Waals surface area contributed by atoms with Crippen LogP contribution in [0.5, 0.6) is 0 Å². The van der Waals surface area contributed by atoms with Crippen LogP contribution in [0, 0.1) is 0 Å². The van der Waals surface area contributed by atoms with Gasteiger partial charge in [0.1, 0.15) is 5.01 Å². The lowest BCUT2D eigenvalue weighted by Gasteiger charge is -2.26. The van der Waals surface area contributed by atoms with Gasteiger partial charge >= 0.3 is 0 Å². The van der Waals surface area contributed by atoms with Crippen molar-refractivity contribution in [3.8, 4) is 0 Å². The number of halogens is 1. The van der Waals surface area contributed by atoms with Gasteiger partial charge < -0.3 is 5.11 Å². The van der Waals surface area contributed by atoms with Crippen LogP contribution < -0.4 is 0 Å². The van der Waals surface area contributed by atoms with E-state index in [0.717, 1.165) is 36.6 Å². The topological polar surface area (TPSA) is 36.4 Å². The summed E-state index contributed by atoms with van der Waals surface area (Å²) in [6.45, 7) is 5.76. The second-order valence-electron chi connectivity index (χ2n) is 4.95. The maximum Gasteiger partial charge on any atom is 0.110 e.